The summed E-state index contributed by atoms with van der Waals surface area (Å²) in [4.78, 5) is 0. The summed E-state index contributed by atoms with van der Waals surface area (Å²) >= 11 is 0. The summed E-state index contributed by atoms with van der Waals surface area (Å²) in [7, 11) is -3.41. The van der Waals surface area contributed by atoms with Crippen LogP contribution in [0.3, 0.4) is 0 Å². The van der Waals surface area contributed by atoms with Crippen LogP contribution < -0.4 is 10.5 Å². The standard InChI is InChI=1S/C12H17FN2O2S.ClH/c13-11-4-2-10(3-5-11)8-18(16,17)15-9-12(14)6-1-7-12;/h2-5,15H,1,6-9,14H2;1H. The summed E-state index contributed by atoms with van der Waals surface area (Å²) in [5.74, 6) is -0.525. The lowest BCUT2D eigenvalue weighted by Gasteiger charge is -2.38. The quantitative estimate of drug-likeness (QED) is 0.867. The molecular formula is C12H18ClFN2O2S. The minimum absolute atomic E-state index is 0. The first kappa shape index (κ1) is 16.4. The van der Waals surface area contributed by atoms with Crippen LogP contribution in [0.25, 0.3) is 0 Å². The van der Waals surface area contributed by atoms with Crippen molar-refractivity contribution in [3.63, 3.8) is 0 Å². The molecule has 0 amide bonds. The molecule has 2 rings (SSSR count). The third-order valence-corrected chi connectivity index (χ3v) is 4.56. The fourth-order valence-corrected chi connectivity index (χ4v) is 3.15. The van der Waals surface area contributed by atoms with Crippen molar-refractivity contribution >= 4 is 22.4 Å². The second-order valence-corrected chi connectivity index (χ2v) is 6.73. The summed E-state index contributed by atoms with van der Waals surface area (Å²) in [6.45, 7) is 0.274. The van der Waals surface area contributed by atoms with Gasteiger partial charge in [0, 0.05) is 12.1 Å². The van der Waals surface area contributed by atoms with Gasteiger partial charge in [-0.1, -0.05) is 12.1 Å². The van der Waals surface area contributed by atoms with E-state index in [1.807, 2.05) is 0 Å². The van der Waals surface area contributed by atoms with Crippen LogP contribution >= 0.6 is 12.4 Å². The zero-order valence-electron chi connectivity index (χ0n) is 10.4. The minimum atomic E-state index is -3.41. The van der Waals surface area contributed by atoms with Crippen molar-refractivity contribution in [2.24, 2.45) is 5.73 Å². The molecule has 4 nitrogen and oxygen atoms in total. The molecule has 1 aromatic carbocycles. The highest BCUT2D eigenvalue weighted by molar-refractivity contribution is 7.88. The molecule has 1 fully saturated rings. The van der Waals surface area contributed by atoms with E-state index in [9.17, 15) is 12.8 Å². The lowest BCUT2D eigenvalue weighted by molar-refractivity contribution is 0.251. The van der Waals surface area contributed by atoms with E-state index in [0.717, 1.165) is 19.3 Å². The third-order valence-electron chi connectivity index (χ3n) is 3.26. The van der Waals surface area contributed by atoms with Gasteiger partial charge in [-0.15, -0.1) is 12.4 Å². The molecule has 0 bridgehead atoms. The first-order valence-corrected chi connectivity index (χ1v) is 7.55. The van der Waals surface area contributed by atoms with Crippen LogP contribution in [-0.4, -0.2) is 20.5 Å². The predicted octanol–water partition coefficient (Wildman–Crippen LogP) is 1.55. The van der Waals surface area contributed by atoms with Crippen LogP contribution in [0, 0.1) is 5.82 Å². The smallest absolute Gasteiger partial charge is 0.215 e. The van der Waals surface area contributed by atoms with E-state index >= 15 is 0 Å². The van der Waals surface area contributed by atoms with Crippen LogP contribution in [0.1, 0.15) is 24.8 Å². The summed E-state index contributed by atoms with van der Waals surface area (Å²) in [5, 5.41) is 0. The Kier molecular flexibility index (Phi) is 5.32. The Morgan fingerprint density at radius 2 is 1.84 bits per heavy atom. The molecular weight excluding hydrogens is 291 g/mol. The largest absolute Gasteiger partial charge is 0.324 e. The molecule has 108 valence electrons. The molecule has 1 aliphatic carbocycles. The van der Waals surface area contributed by atoms with Gasteiger partial charge in [-0.2, -0.15) is 0 Å². The normalized spacial score (nSPS) is 17.4. The highest BCUT2D eigenvalue weighted by Crippen LogP contribution is 2.28. The summed E-state index contributed by atoms with van der Waals surface area (Å²) in [5.41, 5.74) is 6.13. The molecule has 0 spiro atoms. The third kappa shape index (κ3) is 4.72. The van der Waals surface area contributed by atoms with E-state index in [4.69, 9.17) is 5.73 Å². The van der Waals surface area contributed by atoms with Gasteiger partial charge in [-0.3, -0.25) is 0 Å². The van der Waals surface area contributed by atoms with Crippen molar-refractivity contribution in [1.82, 2.24) is 4.72 Å². The lowest BCUT2D eigenvalue weighted by Crippen LogP contribution is -2.54. The predicted molar refractivity (Wildman–Crippen MR) is 75.0 cm³/mol. The Balaban J connectivity index is 0.00000180. The van der Waals surface area contributed by atoms with Crippen molar-refractivity contribution < 1.29 is 12.8 Å². The van der Waals surface area contributed by atoms with Gasteiger partial charge in [0.05, 0.1) is 5.75 Å². The van der Waals surface area contributed by atoms with Crippen molar-refractivity contribution in [1.29, 1.82) is 0 Å². The maximum atomic E-state index is 12.7. The number of nitrogens with one attached hydrogen (secondary N) is 1. The molecule has 0 aromatic heterocycles. The average Bonchev–Trinajstić information content (AvgIpc) is 2.27. The highest BCUT2D eigenvalue weighted by atomic mass is 35.5. The molecule has 0 atom stereocenters. The Morgan fingerprint density at radius 1 is 1.26 bits per heavy atom. The van der Waals surface area contributed by atoms with E-state index in [-0.39, 0.29) is 36.1 Å². The maximum Gasteiger partial charge on any atom is 0.215 e. The molecule has 1 aliphatic rings. The van der Waals surface area contributed by atoms with Gasteiger partial charge >= 0.3 is 0 Å². The van der Waals surface area contributed by atoms with Gasteiger partial charge in [0.25, 0.3) is 0 Å². The molecule has 7 heteroatoms. The van der Waals surface area contributed by atoms with Crippen molar-refractivity contribution in [2.45, 2.75) is 30.6 Å². The average molecular weight is 309 g/mol. The summed E-state index contributed by atoms with van der Waals surface area (Å²) in [6, 6.07) is 5.44. The number of nitrogens with two attached hydrogens (primary N) is 1. The fourth-order valence-electron chi connectivity index (χ4n) is 1.91. The first-order valence-electron chi connectivity index (χ1n) is 5.89. The molecule has 0 heterocycles. The van der Waals surface area contributed by atoms with Gasteiger partial charge in [-0.25, -0.2) is 17.5 Å². The molecule has 3 N–H and O–H groups in total. The lowest BCUT2D eigenvalue weighted by atomic mass is 9.78. The molecule has 0 unspecified atom stereocenters. The van der Waals surface area contributed by atoms with Gasteiger partial charge in [0.2, 0.25) is 10.0 Å². The van der Waals surface area contributed by atoms with Gasteiger partial charge in [-0.05, 0) is 37.0 Å². The van der Waals surface area contributed by atoms with E-state index in [1.54, 1.807) is 0 Å². The maximum absolute atomic E-state index is 12.7. The summed E-state index contributed by atoms with van der Waals surface area (Å²) < 4.78 is 38.8. The van der Waals surface area contributed by atoms with Crippen LogP contribution in [0.15, 0.2) is 24.3 Å². The summed E-state index contributed by atoms with van der Waals surface area (Å²) in [6.07, 6.45) is 2.76. The SMILES string of the molecule is Cl.NC1(CNS(=O)(=O)Cc2ccc(F)cc2)CCC1. The number of rotatable bonds is 5. The van der Waals surface area contributed by atoms with Crippen LogP contribution in [0.2, 0.25) is 0 Å². The number of halogens is 2. The molecule has 1 saturated carbocycles. The first-order chi connectivity index (χ1) is 8.39. The molecule has 19 heavy (non-hydrogen) atoms. The van der Waals surface area contributed by atoms with E-state index < -0.39 is 10.0 Å². The Bertz CT molecular complexity index is 515. The molecule has 0 radical (unpaired) electrons. The van der Waals surface area contributed by atoms with Gasteiger partial charge < -0.3 is 5.73 Å². The Hall–Kier alpha value is -0.690. The van der Waals surface area contributed by atoms with Crippen LogP contribution in [0.4, 0.5) is 4.39 Å². The minimum Gasteiger partial charge on any atom is -0.324 e. The van der Waals surface area contributed by atoms with Gasteiger partial charge in [0.15, 0.2) is 0 Å². The number of hydrogen-bond donors (Lipinski definition) is 2. The van der Waals surface area contributed by atoms with Crippen LogP contribution in [-0.2, 0) is 15.8 Å². The van der Waals surface area contributed by atoms with Crippen molar-refractivity contribution in [3.8, 4) is 0 Å². The Morgan fingerprint density at radius 3 is 2.32 bits per heavy atom. The second kappa shape index (κ2) is 6.17. The number of hydrogen-bond acceptors (Lipinski definition) is 3. The molecule has 0 aliphatic heterocycles. The topological polar surface area (TPSA) is 72.2 Å². The van der Waals surface area contributed by atoms with Gasteiger partial charge in [0.1, 0.15) is 5.82 Å². The molecule has 1 aromatic rings. The highest BCUT2D eigenvalue weighted by Gasteiger charge is 2.33. The monoisotopic (exact) mass is 308 g/mol. The number of benzene rings is 1. The van der Waals surface area contributed by atoms with Crippen molar-refractivity contribution in [2.75, 3.05) is 6.54 Å². The van der Waals surface area contributed by atoms with E-state index in [1.165, 1.54) is 24.3 Å². The Labute approximate surface area is 119 Å². The van der Waals surface area contributed by atoms with Crippen LogP contribution in [0.5, 0.6) is 0 Å². The molecule has 0 saturated heterocycles. The van der Waals surface area contributed by atoms with Crippen molar-refractivity contribution in [3.05, 3.63) is 35.6 Å². The van der Waals surface area contributed by atoms with E-state index in [0.29, 0.717) is 5.56 Å². The zero-order chi connectivity index (χ0) is 13.2. The fraction of sp³-hybridized carbons (Fsp3) is 0.500. The van der Waals surface area contributed by atoms with E-state index in [2.05, 4.69) is 4.72 Å². The second-order valence-electron chi connectivity index (χ2n) is 4.92. The number of sulfonamides is 1. The zero-order valence-corrected chi connectivity index (χ0v) is 12.1.